The maximum absolute atomic E-state index is 13.5. The zero-order valence-electron chi connectivity index (χ0n) is 29.0. The van der Waals surface area contributed by atoms with Gasteiger partial charge in [-0.15, -0.1) is 0 Å². The van der Waals surface area contributed by atoms with Gasteiger partial charge in [-0.3, -0.25) is 4.79 Å². The van der Waals surface area contributed by atoms with Crippen LogP contribution < -0.4 is 29.9 Å². The minimum Gasteiger partial charge on any atom is -0.497 e. The zero-order valence-corrected chi connectivity index (χ0v) is 29.0. The molecule has 0 radical (unpaired) electrons. The van der Waals surface area contributed by atoms with E-state index in [2.05, 4.69) is 5.32 Å². The lowest BCUT2D eigenvalue weighted by molar-refractivity contribution is -0.283. The van der Waals surface area contributed by atoms with E-state index >= 15 is 0 Å². The Kier molecular flexibility index (Phi) is 9.38. The molecule has 2 aliphatic heterocycles. The highest BCUT2D eigenvalue weighted by Crippen LogP contribution is 2.43. The largest absolute Gasteiger partial charge is 0.509 e. The highest BCUT2D eigenvalue weighted by molar-refractivity contribution is 6.06. The van der Waals surface area contributed by atoms with Gasteiger partial charge in [0.15, 0.2) is 17.6 Å². The summed E-state index contributed by atoms with van der Waals surface area (Å²) < 4.78 is 51.9. The first-order valence-corrected chi connectivity index (χ1v) is 16.0. The molecule has 0 saturated carbocycles. The molecule has 0 aliphatic carbocycles. The van der Waals surface area contributed by atoms with Crippen molar-refractivity contribution >= 4 is 28.7 Å². The van der Waals surface area contributed by atoms with E-state index in [9.17, 15) is 14.4 Å². The van der Waals surface area contributed by atoms with E-state index in [1.54, 1.807) is 59.3 Å². The van der Waals surface area contributed by atoms with Crippen LogP contribution in [0, 0.1) is 6.92 Å². The van der Waals surface area contributed by atoms with Crippen molar-refractivity contribution in [3.05, 3.63) is 76.1 Å². The Bertz CT molecular complexity index is 2000. The number of aryl methyl sites for hydroxylation is 1. The van der Waals surface area contributed by atoms with Crippen molar-refractivity contribution in [1.82, 2.24) is 0 Å². The molecular weight excluding hydrogens is 650 g/mol. The number of carbonyl (C=O) groups is 2. The molecule has 264 valence electrons. The molecule has 2 fully saturated rings. The topological polar surface area (TPSA) is 150 Å². The van der Waals surface area contributed by atoms with Crippen molar-refractivity contribution in [2.45, 2.75) is 70.9 Å². The molecule has 13 nitrogen and oxygen atoms in total. The van der Waals surface area contributed by atoms with Gasteiger partial charge in [-0.2, -0.15) is 0 Å². The minimum atomic E-state index is -1.12. The van der Waals surface area contributed by atoms with Gasteiger partial charge in [-0.1, -0.05) is 12.1 Å². The van der Waals surface area contributed by atoms with E-state index in [-0.39, 0.29) is 28.7 Å². The summed E-state index contributed by atoms with van der Waals surface area (Å²) in [5.74, 6) is 1.20. The first kappa shape index (κ1) is 34.6. The van der Waals surface area contributed by atoms with Gasteiger partial charge >= 0.3 is 11.8 Å². The normalized spacial score (nSPS) is 20.9. The predicted molar refractivity (Wildman–Crippen MR) is 181 cm³/mol. The van der Waals surface area contributed by atoms with E-state index in [1.165, 1.54) is 13.2 Å². The maximum Gasteiger partial charge on any atom is 0.509 e. The smallest absolute Gasteiger partial charge is 0.497 e. The van der Waals surface area contributed by atoms with E-state index in [0.29, 0.717) is 33.8 Å². The lowest BCUT2D eigenvalue weighted by atomic mass is 9.89. The van der Waals surface area contributed by atoms with Gasteiger partial charge in [0.25, 0.3) is 5.91 Å². The summed E-state index contributed by atoms with van der Waals surface area (Å²) in [6.07, 6.45) is -4.62. The van der Waals surface area contributed by atoms with Crippen LogP contribution in [0.1, 0.15) is 43.6 Å². The van der Waals surface area contributed by atoms with Crippen molar-refractivity contribution < 1.29 is 51.9 Å². The molecule has 0 unspecified atom stereocenters. The number of methoxy groups -OCH3 is 3. The third-order valence-corrected chi connectivity index (χ3v) is 8.57. The van der Waals surface area contributed by atoms with Crippen LogP contribution in [-0.4, -0.2) is 69.7 Å². The molecule has 3 heterocycles. The van der Waals surface area contributed by atoms with Crippen LogP contribution in [0.25, 0.3) is 22.1 Å². The summed E-state index contributed by atoms with van der Waals surface area (Å²) in [6, 6.07) is 15.5. The number of fused-ring (bicyclic) bond motifs is 2. The molecule has 3 aromatic carbocycles. The molecule has 2 aliphatic rings. The fraction of sp³-hybridized carbons (Fsp3) is 0.378. The molecule has 4 aromatic rings. The second kappa shape index (κ2) is 13.6. The molecule has 13 heteroatoms. The van der Waals surface area contributed by atoms with Crippen LogP contribution in [0.3, 0.4) is 0 Å². The SMILES string of the molecule is COc1cccc(-c2cc(C(=O)Nc3cc4cc(OC(C)C)c(O[C@@H]5OC(C)(C)[C@H](OC)[C@H]6OC(=O)O[C@@H]56)c(C)c4oc3=O)ccc2OC)c1. The lowest BCUT2D eigenvalue weighted by Gasteiger charge is -2.45. The zero-order chi connectivity index (χ0) is 35.9. The van der Waals surface area contributed by atoms with Gasteiger partial charge in [0.05, 0.1) is 25.9 Å². The molecule has 1 N–H and O–H groups in total. The number of ether oxygens (including phenoxy) is 8. The van der Waals surface area contributed by atoms with Crippen LogP contribution in [-0.2, 0) is 18.9 Å². The molecular formula is C37H39NO12. The molecule has 50 heavy (non-hydrogen) atoms. The lowest BCUT2D eigenvalue weighted by Crippen LogP contribution is -2.62. The van der Waals surface area contributed by atoms with Crippen molar-refractivity contribution in [3.63, 3.8) is 0 Å². The van der Waals surface area contributed by atoms with Crippen molar-refractivity contribution in [1.29, 1.82) is 0 Å². The Morgan fingerprint density at radius 1 is 0.920 bits per heavy atom. The number of amides is 1. The van der Waals surface area contributed by atoms with Crippen molar-refractivity contribution in [2.75, 3.05) is 26.6 Å². The van der Waals surface area contributed by atoms with Gasteiger partial charge in [0, 0.05) is 29.2 Å². The second-order valence-electron chi connectivity index (χ2n) is 12.7. The third-order valence-electron chi connectivity index (χ3n) is 8.57. The molecule has 2 saturated heterocycles. The molecule has 4 atom stereocenters. The number of anilines is 1. The van der Waals surface area contributed by atoms with Gasteiger partial charge in [0.2, 0.25) is 12.4 Å². The third kappa shape index (κ3) is 6.53. The summed E-state index contributed by atoms with van der Waals surface area (Å²) in [5.41, 5.74) is 0.553. The Labute approximate surface area is 288 Å². The van der Waals surface area contributed by atoms with Crippen molar-refractivity contribution in [3.8, 4) is 34.1 Å². The predicted octanol–water partition coefficient (Wildman–Crippen LogP) is 6.26. The summed E-state index contributed by atoms with van der Waals surface area (Å²) in [5, 5.41) is 3.15. The Morgan fingerprint density at radius 3 is 2.38 bits per heavy atom. The van der Waals surface area contributed by atoms with Crippen LogP contribution >= 0.6 is 0 Å². The first-order chi connectivity index (χ1) is 23.8. The van der Waals surface area contributed by atoms with Gasteiger partial charge in [-0.05, 0) is 82.6 Å². The number of rotatable bonds is 10. The minimum absolute atomic E-state index is 0.0781. The van der Waals surface area contributed by atoms with E-state index in [4.69, 9.17) is 42.3 Å². The Morgan fingerprint density at radius 2 is 1.68 bits per heavy atom. The summed E-state index contributed by atoms with van der Waals surface area (Å²) in [6.45, 7) is 8.98. The van der Waals surface area contributed by atoms with E-state index in [0.717, 1.165) is 5.56 Å². The molecule has 6 rings (SSSR count). The Hall–Kier alpha value is -5.27. The van der Waals surface area contributed by atoms with Gasteiger partial charge < -0.3 is 47.6 Å². The molecule has 0 bridgehead atoms. The average Bonchev–Trinajstić information content (AvgIpc) is 3.47. The quantitative estimate of drug-likeness (QED) is 0.148. The van der Waals surface area contributed by atoms with Gasteiger partial charge in [0.1, 0.15) is 28.9 Å². The maximum atomic E-state index is 13.5. The number of carbonyl (C=O) groups excluding carboxylic acids is 2. The summed E-state index contributed by atoms with van der Waals surface area (Å²) in [4.78, 5) is 39.0. The van der Waals surface area contributed by atoms with Crippen LogP contribution in [0.15, 0.2) is 63.8 Å². The van der Waals surface area contributed by atoms with Gasteiger partial charge in [-0.25, -0.2) is 9.59 Å². The number of benzene rings is 3. The van der Waals surface area contributed by atoms with Crippen LogP contribution in [0.5, 0.6) is 23.0 Å². The van der Waals surface area contributed by atoms with E-state index < -0.39 is 47.9 Å². The average molecular weight is 690 g/mol. The van der Waals surface area contributed by atoms with E-state index in [1.807, 2.05) is 38.1 Å². The number of hydrogen-bond donors (Lipinski definition) is 1. The fourth-order valence-corrected chi connectivity index (χ4v) is 6.30. The monoisotopic (exact) mass is 689 g/mol. The summed E-state index contributed by atoms with van der Waals surface area (Å²) in [7, 11) is 4.62. The molecule has 1 amide bonds. The molecule has 1 aromatic heterocycles. The number of nitrogens with one attached hydrogen (secondary N) is 1. The van der Waals surface area contributed by atoms with Crippen molar-refractivity contribution in [2.24, 2.45) is 0 Å². The van der Waals surface area contributed by atoms with Crippen LogP contribution in [0.4, 0.5) is 10.5 Å². The fourth-order valence-electron chi connectivity index (χ4n) is 6.30. The van der Waals surface area contributed by atoms with Crippen LogP contribution in [0.2, 0.25) is 0 Å². The molecule has 0 spiro atoms. The highest BCUT2D eigenvalue weighted by Gasteiger charge is 2.59. The standard InChI is InChI=1S/C37H39NO12/c1-18(2)45-27-17-22-16-25(38-33(39)21-12-13-26(43-7)24(15-21)20-10-9-11-23(14-20)42-6)34(40)46-28(22)19(3)29(27)47-35-31-30(48-36(41)49-31)32(44-8)37(4,5)50-35/h9-18,30-32,35H,1-8H3,(H,38,39)/t30-,31+,32+,35+/m0/s1. The highest BCUT2D eigenvalue weighted by atomic mass is 16.8. The first-order valence-electron chi connectivity index (χ1n) is 16.0. The second-order valence-corrected chi connectivity index (χ2v) is 12.7. The summed E-state index contributed by atoms with van der Waals surface area (Å²) >= 11 is 0. The Balaban J connectivity index is 1.34. The number of hydrogen-bond acceptors (Lipinski definition) is 12.